The van der Waals surface area contributed by atoms with Crippen molar-refractivity contribution in [2.75, 3.05) is 0 Å². The van der Waals surface area contributed by atoms with Crippen molar-refractivity contribution < 1.29 is 9.59 Å². The molecule has 0 aliphatic carbocycles. The Kier molecular flexibility index (Phi) is 6.64. The quantitative estimate of drug-likeness (QED) is 0.309. The summed E-state index contributed by atoms with van der Waals surface area (Å²) in [7, 11) is 0. The molecule has 0 saturated carbocycles. The number of rotatable bonds is 7. The summed E-state index contributed by atoms with van der Waals surface area (Å²) in [5.74, 6) is -0.647. The molecule has 136 valence electrons. The Bertz CT molecular complexity index is 948. The molecule has 0 radical (unpaired) electrons. The molecular formula is C26H20O2. The maximum absolute atomic E-state index is 12.8. The number of carbonyl (C=O) groups is 2. The van der Waals surface area contributed by atoms with E-state index in [-0.39, 0.29) is 17.1 Å². The predicted molar refractivity (Wildman–Crippen MR) is 115 cm³/mol. The van der Waals surface area contributed by atoms with Gasteiger partial charge in [-0.25, -0.2) is 0 Å². The van der Waals surface area contributed by atoms with Gasteiger partial charge in [0.15, 0.2) is 11.6 Å². The standard InChI is InChI=1S/C26H20O2/c27-25(18-16-21-10-4-1-5-11-21)24(20-23-14-8-3-9-15-23)26(28)19-17-22-12-6-2-7-13-22/h1-20H. The highest BCUT2D eigenvalue weighted by molar-refractivity contribution is 6.31. The molecule has 0 unspecified atom stereocenters. The van der Waals surface area contributed by atoms with Crippen LogP contribution in [0.5, 0.6) is 0 Å². The molecule has 3 aromatic carbocycles. The molecule has 0 aromatic heterocycles. The summed E-state index contributed by atoms with van der Waals surface area (Å²) in [5, 5.41) is 0. The van der Waals surface area contributed by atoms with Gasteiger partial charge in [-0.1, -0.05) is 103 Å². The smallest absolute Gasteiger partial charge is 0.189 e. The van der Waals surface area contributed by atoms with Crippen LogP contribution in [-0.4, -0.2) is 11.6 Å². The fraction of sp³-hybridized carbons (Fsp3) is 0. The van der Waals surface area contributed by atoms with E-state index >= 15 is 0 Å². The zero-order chi connectivity index (χ0) is 19.6. The highest BCUT2D eigenvalue weighted by atomic mass is 16.1. The van der Waals surface area contributed by atoms with Crippen LogP contribution in [0.1, 0.15) is 16.7 Å². The SMILES string of the molecule is O=C(C=Cc1ccccc1)C(=Cc1ccccc1)C(=O)C=Cc1ccccc1. The van der Waals surface area contributed by atoms with Crippen molar-refractivity contribution in [3.63, 3.8) is 0 Å². The van der Waals surface area contributed by atoms with Gasteiger partial charge in [0.2, 0.25) is 0 Å². The monoisotopic (exact) mass is 364 g/mol. The molecule has 0 aliphatic rings. The van der Waals surface area contributed by atoms with E-state index in [1.54, 1.807) is 18.2 Å². The summed E-state index contributed by atoms with van der Waals surface area (Å²) in [6.07, 6.45) is 7.96. The Morgan fingerprint density at radius 2 is 0.857 bits per heavy atom. The predicted octanol–water partition coefficient (Wildman–Crippen LogP) is 5.64. The van der Waals surface area contributed by atoms with Gasteiger partial charge in [0.05, 0.1) is 5.57 Å². The Morgan fingerprint density at radius 1 is 0.500 bits per heavy atom. The summed E-state index contributed by atoms with van der Waals surface area (Å²) in [4.78, 5) is 25.5. The average Bonchev–Trinajstić information content (AvgIpc) is 2.76. The number of hydrogen-bond donors (Lipinski definition) is 0. The summed E-state index contributed by atoms with van der Waals surface area (Å²) in [6.45, 7) is 0. The Hall–Kier alpha value is -3.78. The van der Waals surface area contributed by atoms with E-state index in [2.05, 4.69) is 0 Å². The summed E-state index contributed by atoms with van der Waals surface area (Å²) < 4.78 is 0. The van der Waals surface area contributed by atoms with E-state index in [4.69, 9.17) is 0 Å². The molecule has 0 aliphatic heterocycles. The Morgan fingerprint density at radius 3 is 1.25 bits per heavy atom. The van der Waals surface area contributed by atoms with Crippen LogP contribution in [0.25, 0.3) is 18.2 Å². The molecule has 0 fully saturated rings. The molecule has 0 spiro atoms. The third-order valence-electron chi connectivity index (χ3n) is 4.09. The van der Waals surface area contributed by atoms with E-state index < -0.39 is 0 Å². The van der Waals surface area contributed by atoms with Gasteiger partial charge in [-0.05, 0) is 34.9 Å². The highest BCUT2D eigenvalue weighted by Crippen LogP contribution is 2.13. The average molecular weight is 364 g/mol. The lowest BCUT2D eigenvalue weighted by molar-refractivity contribution is -0.116. The maximum Gasteiger partial charge on any atom is 0.189 e. The van der Waals surface area contributed by atoms with Gasteiger partial charge in [0.1, 0.15) is 0 Å². The van der Waals surface area contributed by atoms with Crippen molar-refractivity contribution in [1.82, 2.24) is 0 Å². The largest absolute Gasteiger partial charge is 0.289 e. The topological polar surface area (TPSA) is 34.1 Å². The number of benzene rings is 3. The lowest BCUT2D eigenvalue weighted by Crippen LogP contribution is -2.08. The molecule has 2 heteroatoms. The van der Waals surface area contributed by atoms with Crippen LogP contribution >= 0.6 is 0 Å². The van der Waals surface area contributed by atoms with Crippen LogP contribution in [0.2, 0.25) is 0 Å². The zero-order valence-corrected chi connectivity index (χ0v) is 15.4. The number of hydrogen-bond acceptors (Lipinski definition) is 2. The van der Waals surface area contributed by atoms with Crippen LogP contribution in [-0.2, 0) is 9.59 Å². The minimum absolute atomic E-state index is 0.130. The second-order valence-electron chi connectivity index (χ2n) is 6.19. The molecular weight excluding hydrogens is 344 g/mol. The van der Waals surface area contributed by atoms with Crippen LogP contribution in [0.4, 0.5) is 0 Å². The lowest BCUT2D eigenvalue weighted by Gasteiger charge is -2.01. The van der Waals surface area contributed by atoms with E-state index in [0.717, 1.165) is 16.7 Å². The zero-order valence-electron chi connectivity index (χ0n) is 15.4. The second-order valence-corrected chi connectivity index (χ2v) is 6.19. The van der Waals surface area contributed by atoms with Crippen molar-refractivity contribution in [3.05, 3.63) is 125 Å². The summed E-state index contributed by atoms with van der Waals surface area (Å²) in [6, 6.07) is 28.4. The van der Waals surface area contributed by atoms with E-state index in [9.17, 15) is 9.59 Å². The fourth-order valence-electron chi connectivity index (χ4n) is 2.63. The Labute approximate surface area is 165 Å². The molecule has 0 bridgehead atoms. The van der Waals surface area contributed by atoms with Gasteiger partial charge in [-0.3, -0.25) is 9.59 Å². The number of ketones is 2. The van der Waals surface area contributed by atoms with Crippen molar-refractivity contribution in [2.24, 2.45) is 0 Å². The fourth-order valence-corrected chi connectivity index (χ4v) is 2.63. The van der Waals surface area contributed by atoms with Crippen LogP contribution in [0, 0.1) is 0 Å². The van der Waals surface area contributed by atoms with E-state index in [1.165, 1.54) is 12.2 Å². The van der Waals surface area contributed by atoms with Gasteiger partial charge in [0, 0.05) is 0 Å². The summed E-state index contributed by atoms with van der Waals surface area (Å²) in [5.41, 5.74) is 2.75. The van der Waals surface area contributed by atoms with Crippen molar-refractivity contribution in [1.29, 1.82) is 0 Å². The molecule has 0 saturated heterocycles. The van der Waals surface area contributed by atoms with Gasteiger partial charge in [-0.2, -0.15) is 0 Å². The van der Waals surface area contributed by atoms with Crippen LogP contribution in [0.3, 0.4) is 0 Å². The van der Waals surface area contributed by atoms with Gasteiger partial charge in [-0.15, -0.1) is 0 Å². The molecule has 28 heavy (non-hydrogen) atoms. The molecule has 0 N–H and O–H groups in total. The molecule has 0 heterocycles. The maximum atomic E-state index is 12.8. The third-order valence-corrected chi connectivity index (χ3v) is 4.09. The van der Waals surface area contributed by atoms with Crippen LogP contribution in [0.15, 0.2) is 109 Å². The van der Waals surface area contributed by atoms with Gasteiger partial charge < -0.3 is 0 Å². The first kappa shape index (κ1) is 19.0. The third kappa shape index (κ3) is 5.61. The molecule has 3 aromatic rings. The molecule has 0 amide bonds. The van der Waals surface area contributed by atoms with Crippen molar-refractivity contribution >= 4 is 29.8 Å². The molecule has 2 nitrogen and oxygen atoms in total. The first-order valence-corrected chi connectivity index (χ1v) is 9.04. The van der Waals surface area contributed by atoms with Gasteiger partial charge in [0.25, 0.3) is 0 Å². The number of allylic oxidation sites excluding steroid dienone is 3. The van der Waals surface area contributed by atoms with Crippen LogP contribution < -0.4 is 0 Å². The van der Waals surface area contributed by atoms with Crippen molar-refractivity contribution in [3.8, 4) is 0 Å². The molecule has 3 rings (SSSR count). The highest BCUT2D eigenvalue weighted by Gasteiger charge is 2.13. The number of carbonyl (C=O) groups excluding carboxylic acids is 2. The normalized spacial score (nSPS) is 10.9. The van der Waals surface area contributed by atoms with Gasteiger partial charge >= 0.3 is 0 Å². The molecule has 0 atom stereocenters. The van der Waals surface area contributed by atoms with E-state index in [1.807, 2.05) is 91.0 Å². The summed E-state index contributed by atoms with van der Waals surface area (Å²) >= 11 is 0. The minimum atomic E-state index is -0.324. The van der Waals surface area contributed by atoms with E-state index in [0.29, 0.717) is 0 Å². The second kappa shape index (κ2) is 9.79. The van der Waals surface area contributed by atoms with Crippen molar-refractivity contribution in [2.45, 2.75) is 0 Å². The first-order chi connectivity index (χ1) is 13.7. The minimum Gasteiger partial charge on any atom is -0.289 e. The lowest BCUT2D eigenvalue weighted by atomic mass is 10.0. The first-order valence-electron chi connectivity index (χ1n) is 9.04. The Balaban J connectivity index is 1.87.